The van der Waals surface area contributed by atoms with Crippen molar-refractivity contribution < 1.29 is 25.6 Å². The quantitative estimate of drug-likeness (QED) is 0.142. The van der Waals surface area contributed by atoms with E-state index in [1.54, 1.807) is 11.3 Å². The van der Waals surface area contributed by atoms with Gasteiger partial charge in [0.2, 0.25) is 0 Å². The summed E-state index contributed by atoms with van der Waals surface area (Å²) in [6.07, 6.45) is 2.50. The Labute approximate surface area is 360 Å². The minimum atomic E-state index is -2.31. The SMILES string of the molecule is CC(C)c1cccc(C(C)C)c1-n1c(-c2[c-]cccc2)nc2ccccc21.[2H]C([2H])([2H])c1cnc(-c2[c-]ccc3c2sc2cc4ccccc4cc23)cc1C([2H])(CC)CC.[Ir]. The first-order valence-corrected chi connectivity index (χ1v) is 20.5. The van der Waals surface area contributed by atoms with E-state index in [-0.39, 0.29) is 25.7 Å². The molecule has 0 aliphatic heterocycles. The Bertz CT molecular complexity index is 2950. The molecule has 0 saturated heterocycles. The summed E-state index contributed by atoms with van der Waals surface area (Å²) in [5.74, 6) is 0.819. The van der Waals surface area contributed by atoms with E-state index in [2.05, 4.69) is 134 Å². The maximum Gasteiger partial charge on any atom is 0.0774 e. The zero-order valence-corrected chi connectivity index (χ0v) is 36.5. The minimum Gasteiger partial charge on any atom is -0.333 e. The summed E-state index contributed by atoms with van der Waals surface area (Å²) in [5.41, 5.74) is 9.35. The van der Waals surface area contributed by atoms with Crippen LogP contribution in [0.1, 0.15) is 99.9 Å². The molecule has 3 aromatic heterocycles. The molecule has 0 unspecified atom stereocenters. The van der Waals surface area contributed by atoms with Gasteiger partial charge >= 0.3 is 0 Å². The molecule has 5 heteroatoms. The molecule has 0 amide bonds. The Morgan fingerprint density at radius 1 is 0.737 bits per heavy atom. The normalized spacial score (nSPS) is 13.0. The fourth-order valence-electron chi connectivity index (χ4n) is 7.87. The van der Waals surface area contributed by atoms with Gasteiger partial charge in [0, 0.05) is 42.2 Å². The molecule has 0 atom stereocenters. The number of thiophene rings is 1. The average Bonchev–Trinajstić information content (AvgIpc) is 3.83. The molecule has 0 spiro atoms. The Kier molecular flexibility index (Phi) is 10.7. The Hall–Kier alpha value is -4.93. The molecule has 0 N–H and O–H groups in total. The number of aromatic nitrogens is 3. The van der Waals surface area contributed by atoms with Crippen LogP contribution in [0.2, 0.25) is 0 Å². The van der Waals surface area contributed by atoms with E-state index in [4.69, 9.17) is 10.5 Å². The van der Waals surface area contributed by atoms with Gasteiger partial charge in [-0.15, -0.1) is 59.7 Å². The number of nitrogens with zero attached hydrogens (tertiary/aromatic N) is 3. The first kappa shape index (κ1) is 35.2. The van der Waals surface area contributed by atoms with Gasteiger partial charge < -0.3 is 9.55 Å². The molecule has 0 saturated carbocycles. The van der Waals surface area contributed by atoms with Crippen LogP contribution >= 0.6 is 11.3 Å². The molecule has 0 bridgehead atoms. The third-order valence-corrected chi connectivity index (χ3v) is 12.0. The number of pyridine rings is 1. The van der Waals surface area contributed by atoms with Gasteiger partial charge in [-0.05, 0) is 110 Å². The van der Waals surface area contributed by atoms with Crippen molar-refractivity contribution in [3.63, 3.8) is 0 Å². The van der Waals surface area contributed by atoms with Gasteiger partial charge in [0.1, 0.15) is 0 Å². The Morgan fingerprint density at radius 2 is 1.44 bits per heavy atom. The predicted molar refractivity (Wildman–Crippen MR) is 240 cm³/mol. The number of hydrogen-bond donors (Lipinski definition) is 0. The van der Waals surface area contributed by atoms with E-state index >= 15 is 0 Å². The molecule has 0 aliphatic rings. The smallest absolute Gasteiger partial charge is 0.0774 e. The molecule has 9 aromatic rings. The summed E-state index contributed by atoms with van der Waals surface area (Å²) in [6.45, 7) is 10.6. The van der Waals surface area contributed by atoms with Crippen molar-refractivity contribution in [2.24, 2.45) is 0 Å². The van der Waals surface area contributed by atoms with Crippen LogP contribution in [0.25, 0.3) is 70.3 Å². The second kappa shape index (κ2) is 17.3. The average molecular weight is 944 g/mol. The zero-order valence-electron chi connectivity index (χ0n) is 37.3. The van der Waals surface area contributed by atoms with Gasteiger partial charge in [-0.25, -0.2) is 0 Å². The van der Waals surface area contributed by atoms with Crippen molar-refractivity contribution in [1.82, 2.24) is 14.5 Å². The van der Waals surface area contributed by atoms with Gasteiger partial charge in [-0.1, -0.05) is 108 Å². The van der Waals surface area contributed by atoms with Gasteiger partial charge in [-0.2, -0.15) is 11.3 Å². The molecule has 3 nitrogen and oxygen atoms in total. The maximum absolute atomic E-state index is 8.99. The van der Waals surface area contributed by atoms with Crippen LogP contribution in [0.5, 0.6) is 0 Å². The van der Waals surface area contributed by atoms with Crippen LogP contribution in [-0.2, 0) is 20.1 Å². The monoisotopic (exact) mass is 944 g/mol. The summed E-state index contributed by atoms with van der Waals surface area (Å²) in [7, 11) is 0. The minimum absolute atomic E-state index is 0. The van der Waals surface area contributed by atoms with Crippen LogP contribution in [0, 0.1) is 19.0 Å². The van der Waals surface area contributed by atoms with E-state index in [0.717, 1.165) is 38.1 Å². The van der Waals surface area contributed by atoms with Crippen LogP contribution in [0.15, 0.2) is 128 Å². The number of benzene rings is 6. The van der Waals surface area contributed by atoms with Gasteiger partial charge in [0.25, 0.3) is 0 Å². The number of aryl methyl sites for hydroxylation is 1. The number of hydrogen-bond acceptors (Lipinski definition) is 3. The standard InChI is InChI=1S/C27H24NS.C25H25N2.Ir/c1-4-18(5-2)23-15-25(28-16-17(23)3)22-12-8-11-21-24-13-19-9-6-7-10-20(19)14-26(24)29-27(21)22;1-17(2)20-13-10-14-21(18(3)4)24(20)27-23-16-9-8-15-22(23)26-25(27)19-11-6-5-7-12-19;/h6-11,13-16,18H,4-5H2,1-3H3;5-11,13-18H,1-4H3;/q2*-1;/i3D3,18D;;. The second-order valence-corrected chi connectivity index (χ2v) is 16.0. The molecule has 1 radical (unpaired) electrons. The van der Waals surface area contributed by atoms with E-state index in [0.29, 0.717) is 35.9 Å². The first-order chi connectivity index (χ1) is 28.8. The predicted octanol–water partition coefficient (Wildman–Crippen LogP) is 15.0. The zero-order chi connectivity index (χ0) is 42.3. The molecule has 6 aromatic carbocycles. The van der Waals surface area contributed by atoms with Crippen molar-refractivity contribution in [3.8, 4) is 28.3 Å². The molecule has 0 aliphatic carbocycles. The summed E-state index contributed by atoms with van der Waals surface area (Å²) >= 11 is 1.70. The molecule has 3 heterocycles. The van der Waals surface area contributed by atoms with E-state index in [9.17, 15) is 0 Å². The van der Waals surface area contributed by atoms with Crippen LogP contribution in [0.4, 0.5) is 0 Å². The van der Waals surface area contributed by atoms with Crippen molar-refractivity contribution in [3.05, 3.63) is 162 Å². The van der Waals surface area contributed by atoms with Gasteiger partial charge in [-0.3, -0.25) is 4.98 Å². The summed E-state index contributed by atoms with van der Waals surface area (Å²) in [5, 5.41) is 4.74. The molecule has 289 valence electrons. The fourth-order valence-corrected chi connectivity index (χ4v) is 9.11. The molecule has 0 fully saturated rings. The van der Waals surface area contributed by atoms with Crippen LogP contribution in [0.3, 0.4) is 0 Å². The van der Waals surface area contributed by atoms with Crippen molar-refractivity contribution in [1.29, 1.82) is 0 Å². The summed E-state index contributed by atoms with van der Waals surface area (Å²) in [4.78, 5) is 9.56. The Morgan fingerprint density at radius 3 is 2.12 bits per heavy atom. The summed E-state index contributed by atoms with van der Waals surface area (Å²) in [6, 6.07) is 48.5. The molecular weight excluding hydrogens is 891 g/mol. The van der Waals surface area contributed by atoms with E-state index < -0.39 is 12.7 Å². The topological polar surface area (TPSA) is 30.7 Å². The number of fused-ring (bicyclic) bond motifs is 5. The molecular formula is C52H49IrN3S-2. The van der Waals surface area contributed by atoms with Crippen LogP contribution in [-0.4, -0.2) is 14.5 Å². The van der Waals surface area contributed by atoms with Gasteiger partial charge in [0.05, 0.1) is 16.9 Å². The fraction of sp³-hybridized carbons (Fsp3) is 0.231. The Balaban J connectivity index is 0.000000185. The number of rotatable bonds is 8. The molecule has 57 heavy (non-hydrogen) atoms. The van der Waals surface area contributed by atoms with E-state index in [1.807, 2.05) is 50.2 Å². The third kappa shape index (κ3) is 7.74. The van der Waals surface area contributed by atoms with Crippen molar-refractivity contribution in [2.45, 2.75) is 79.0 Å². The molecule has 9 rings (SSSR count). The first-order valence-electron chi connectivity index (χ1n) is 21.7. The third-order valence-electron chi connectivity index (χ3n) is 10.8. The largest absolute Gasteiger partial charge is 0.333 e. The maximum atomic E-state index is 8.99. The second-order valence-electron chi connectivity index (χ2n) is 14.9. The van der Waals surface area contributed by atoms with Crippen LogP contribution < -0.4 is 0 Å². The van der Waals surface area contributed by atoms with E-state index in [1.165, 1.54) is 43.9 Å². The van der Waals surface area contributed by atoms with Crippen molar-refractivity contribution >= 4 is 53.3 Å². The summed E-state index contributed by atoms with van der Waals surface area (Å²) < 4.78 is 37.6. The number of imidazole rings is 1. The van der Waals surface area contributed by atoms with Gasteiger partial charge in [0.15, 0.2) is 0 Å². The van der Waals surface area contributed by atoms with Crippen molar-refractivity contribution in [2.75, 3.05) is 0 Å². The number of para-hydroxylation sites is 3.